The zero-order valence-electron chi connectivity index (χ0n) is 14.3. The van der Waals surface area contributed by atoms with Crippen LogP contribution >= 0.6 is 0 Å². The van der Waals surface area contributed by atoms with E-state index in [9.17, 15) is 4.79 Å². The quantitative estimate of drug-likeness (QED) is 0.349. The van der Waals surface area contributed by atoms with E-state index in [1.165, 1.54) is 0 Å². The molecule has 8 heteroatoms. The third-order valence-corrected chi connectivity index (χ3v) is 3.96. The molecule has 1 saturated heterocycles. The molecular weight excluding hydrogens is 342 g/mol. The molecule has 27 heavy (non-hydrogen) atoms. The van der Waals surface area contributed by atoms with Crippen molar-refractivity contribution in [2.45, 2.75) is 0 Å². The van der Waals surface area contributed by atoms with Gasteiger partial charge in [-0.2, -0.15) is 0 Å². The van der Waals surface area contributed by atoms with E-state index in [1.807, 2.05) is 12.1 Å². The molecule has 0 aromatic heterocycles. The summed E-state index contributed by atoms with van der Waals surface area (Å²) in [6.07, 6.45) is 3.57. The number of ketones is 1. The largest absolute Gasteiger partial charge is 0.308 e. The molecule has 1 N–H and O–H groups in total. The fourth-order valence-corrected chi connectivity index (χ4v) is 2.79. The van der Waals surface area contributed by atoms with Crippen molar-refractivity contribution in [2.75, 3.05) is 13.1 Å². The van der Waals surface area contributed by atoms with Crippen molar-refractivity contribution >= 4 is 29.3 Å². The average Bonchev–Trinajstić information content (AvgIpc) is 2.66. The van der Waals surface area contributed by atoms with Gasteiger partial charge in [0.2, 0.25) is 0 Å². The van der Waals surface area contributed by atoms with E-state index in [1.54, 1.807) is 48.6 Å². The fraction of sp³-hybridized carbons (Fsp3) is 0.105. The fourth-order valence-electron chi connectivity index (χ4n) is 2.79. The number of benzene rings is 2. The molecule has 1 aliphatic rings. The van der Waals surface area contributed by atoms with Gasteiger partial charge in [0, 0.05) is 45.4 Å². The van der Waals surface area contributed by atoms with Gasteiger partial charge in [0.05, 0.1) is 0 Å². The summed E-state index contributed by atoms with van der Waals surface area (Å²) in [4.78, 5) is 18.4. The van der Waals surface area contributed by atoms with E-state index in [0.717, 1.165) is 11.1 Å². The average molecular weight is 357 g/mol. The van der Waals surface area contributed by atoms with Gasteiger partial charge in [0.1, 0.15) is 0 Å². The van der Waals surface area contributed by atoms with Crippen molar-refractivity contribution in [2.24, 2.45) is 10.2 Å². The number of hydrogen-bond acceptors (Lipinski definition) is 4. The molecule has 0 saturated carbocycles. The van der Waals surface area contributed by atoms with Crippen LogP contribution in [0.5, 0.6) is 0 Å². The molecule has 1 heterocycles. The van der Waals surface area contributed by atoms with Crippen LogP contribution in [-0.2, 0) is 4.79 Å². The summed E-state index contributed by atoms with van der Waals surface area (Å²) < 4.78 is 0. The molecule has 8 nitrogen and oxygen atoms in total. The Balaban J connectivity index is 1.89. The van der Waals surface area contributed by atoms with Crippen molar-refractivity contribution in [1.82, 2.24) is 5.32 Å². The van der Waals surface area contributed by atoms with Gasteiger partial charge in [0.15, 0.2) is 5.78 Å². The highest BCUT2D eigenvalue weighted by Gasteiger charge is 2.20. The van der Waals surface area contributed by atoms with Crippen LogP contribution in [0.15, 0.2) is 69.9 Å². The van der Waals surface area contributed by atoms with Gasteiger partial charge >= 0.3 is 0 Å². The molecular formula is C19H15N7O. The summed E-state index contributed by atoms with van der Waals surface area (Å²) in [5.41, 5.74) is 20.9. The number of Topliss-reactive ketones (excluding diaryl/α,β-unsaturated/α-hetero) is 1. The summed E-state index contributed by atoms with van der Waals surface area (Å²) in [6, 6.07) is 14.1. The predicted molar refractivity (Wildman–Crippen MR) is 104 cm³/mol. The van der Waals surface area contributed by atoms with E-state index in [0.29, 0.717) is 35.6 Å². The van der Waals surface area contributed by atoms with Crippen LogP contribution in [-0.4, -0.2) is 18.9 Å². The van der Waals surface area contributed by atoms with Gasteiger partial charge in [-0.3, -0.25) is 4.79 Å². The third-order valence-electron chi connectivity index (χ3n) is 3.96. The Labute approximate surface area is 155 Å². The van der Waals surface area contributed by atoms with Crippen molar-refractivity contribution in [3.8, 4) is 0 Å². The van der Waals surface area contributed by atoms with Gasteiger partial charge in [-0.1, -0.05) is 46.6 Å². The number of nitrogens with one attached hydrogen (secondary N) is 1. The molecule has 0 unspecified atom stereocenters. The first-order chi connectivity index (χ1) is 13.2. The van der Waals surface area contributed by atoms with Crippen molar-refractivity contribution in [3.05, 3.63) is 91.7 Å². The molecule has 0 aliphatic carbocycles. The van der Waals surface area contributed by atoms with Gasteiger partial charge in [-0.05, 0) is 46.5 Å². The molecule has 0 atom stereocenters. The number of carbonyl (C=O) groups is 1. The molecule has 132 valence electrons. The SMILES string of the molecule is [N-]=[N+]=Nc1cccc(C=C2CNCC(=Cc3cccc(N=[N+]=[N-])c3)C2=O)c1. The lowest BCUT2D eigenvalue weighted by atomic mass is 9.95. The lowest BCUT2D eigenvalue weighted by Gasteiger charge is -2.18. The Bertz CT molecular complexity index is 960. The van der Waals surface area contributed by atoms with Gasteiger partial charge in [-0.25, -0.2) is 0 Å². The summed E-state index contributed by atoms with van der Waals surface area (Å²) >= 11 is 0. The summed E-state index contributed by atoms with van der Waals surface area (Å²) in [7, 11) is 0. The second-order valence-electron chi connectivity index (χ2n) is 5.84. The minimum absolute atomic E-state index is 0.0443. The van der Waals surface area contributed by atoms with E-state index in [4.69, 9.17) is 11.1 Å². The second-order valence-corrected chi connectivity index (χ2v) is 5.84. The third kappa shape index (κ3) is 4.62. The van der Waals surface area contributed by atoms with E-state index in [2.05, 4.69) is 25.4 Å². The van der Waals surface area contributed by atoms with Crippen molar-refractivity contribution in [1.29, 1.82) is 0 Å². The number of nitrogens with zero attached hydrogens (tertiary/aromatic N) is 6. The monoisotopic (exact) mass is 357 g/mol. The minimum atomic E-state index is -0.0443. The highest BCUT2D eigenvalue weighted by atomic mass is 16.1. The Morgan fingerprint density at radius 1 is 0.852 bits per heavy atom. The van der Waals surface area contributed by atoms with Crippen LogP contribution in [0.4, 0.5) is 11.4 Å². The smallest absolute Gasteiger partial charge is 0.187 e. The summed E-state index contributed by atoms with van der Waals surface area (Å²) in [5.74, 6) is -0.0443. The Morgan fingerprint density at radius 2 is 1.33 bits per heavy atom. The van der Waals surface area contributed by atoms with Gasteiger partial charge < -0.3 is 5.32 Å². The van der Waals surface area contributed by atoms with Gasteiger partial charge in [0.25, 0.3) is 0 Å². The zero-order chi connectivity index (χ0) is 19.1. The number of carbonyl (C=O) groups excluding carboxylic acids is 1. The maximum Gasteiger partial charge on any atom is 0.187 e. The molecule has 0 bridgehead atoms. The highest BCUT2D eigenvalue weighted by molar-refractivity contribution is 6.14. The molecule has 1 fully saturated rings. The molecule has 3 rings (SSSR count). The standard InChI is InChI=1S/C19H15N7O/c20-25-23-17-5-1-3-13(9-17)7-15-11-22-12-16(19(15)27)8-14-4-2-6-18(10-14)24-26-21/h1-10,22H,11-12H2. The first kappa shape index (κ1) is 18.0. The number of azide groups is 2. The van der Waals surface area contributed by atoms with Crippen LogP contribution in [0.2, 0.25) is 0 Å². The van der Waals surface area contributed by atoms with Crippen LogP contribution in [0.3, 0.4) is 0 Å². The maximum atomic E-state index is 12.8. The molecule has 2 aromatic rings. The maximum absolute atomic E-state index is 12.8. The normalized spacial score (nSPS) is 16.7. The predicted octanol–water partition coefficient (Wildman–Crippen LogP) is 5.21. The molecule has 0 spiro atoms. The highest BCUT2D eigenvalue weighted by Crippen LogP contribution is 2.22. The molecule has 2 aromatic carbocycles. The van der Waals surface area contributed by atoms with E-state index in [-0.39, 0.29) is 5.78 Å². The first-order valence-corrected chi connectivity index (χ1v) is 8.16. The van der Waals surface area contributed by atoms with Crippen LogP contribution in [0.1, 0.15) is 11.1 Å². The molecule has 0 amide bonds. The number of rotatable bonds is 4. The topological polar surface area (TPSA) is 127 Å². The number of hydrogen-bond donors (Lipinski definition) is 1. The van der Waals surface area contributed by atoms with Crippen LogP contribution < -0.4 is 5.32 Å². The number of piperidine rings is 1. The lowest BCUT2D eigenvalue weighted by Crippen LogP contribution is -2.32. The molecule has 1 aliphatic heterocycles. The van der Waals surface area contributed by atoms with Crippen molar-refractivity contribution < 1.29 is 4.79 Å². The Hall–Kier alpha value is -3.83. The van der Waals surface area contributed by atoms with E-state index >= 15 is 0 Å². The van der Waals surface area contributed by atoms with E-state index < -0.39 is 0 Å². The Morgan fingerprint density at radius 3 is 1.78 bits per heavy atom. The molecule has 0 radical (unpaired) electrons. The first-order valence-electron chi connectivity index (χ1n) is 8.16. The Kier molecular flexibility index (Phi) is 5.67. The zero-order valence-corrected chi connectivity index (χ0v) is 14.3. The van der Waals surface area contributed by atoms with Gasteiger partial charge in [-0.15, -0.1) is 0 Å². The second kappa shape index (κ2) is 8.51. The summed E-state index contributed by atoms with van der Waals surface area (Å²) in [6.45, 7) is 0.918. The minimum Gasteiger partial charge on any atom is -0.308 e. The van der Waals surface area contributed by atoms with Crippen molar-refractivity contribution in [3.63, 3.8) is 0 Å². The lowest BCUT2D eigenvalue weighted by molar-refractivity contribution is -0.112. The van der Waals surface area contributed by atoms with Crippen LogP contribution in [0, 0.1) is 0 Å². The summed E-state index contributed by atoms with van der Waals surface area (Å²) in [5, 5.41) is 10.4. The van der Waals surface area contributed by atoms with Crippen LogP contribution in [0.25, 0.3) is 33.0 Å².